The van der Waals surface area contributed by atoms with Crippen molar-refractivity contribution in [2.24, 2.45) is 0 Å². The Morgan fingerprint density at radius 2 is 1.47 bits per heavy atom. The normalized spacial score (nSPS) is 11.5. The molecule has 0 saturated carbocycles. The Kier molecular flexibility index (Phi) is 5.09. The van der Waals surface area contributed by atoms with Gasteiger partial charge in [0, 0.05) is 17.4 Å². The summed E-state index contributed by atoms with van der Waals surface area (Å²) in [5.74, 6) is -1.83. The van der Waals surface area contributed by atoms with Crippen LogP contribution < -0.4 is 0 Å². The summed E-state index contributed by atoms with van der Waals surface area (Å²) in [5, 5.41) is 29.7. The lowest BCUT2D eigenvalue weighted by Gasteiger charge is -2.14. The molecule has 0 bridgehead atoms. The average molecular weight is 440 g/mol. The number of carboxylic acid groups (broad SMARTS) is 1. The molecule has 9 heteroatoms. The monoisotopic (exact) mass is 440 g/mol. The summed E-state index contributed by atoms with van der Waals surface area (Å²) in [4.78, 5) is 15.7. The fourth-order valence-electron chi connectivity index (χ4n) is 3.35. The zero-order valence-electron chi connectivity index (χ0n) is 16.2. The van der Waals surface area contributed by atoms with Crippen molar-refractivity contribution in [3.8, 4) is 39.8 Å². The highest BCUT2D eigenvalue weighted by Gasteiger charge is 2.36. The molecule has 1 heterocycles. The molecule has 0 fully saturated rings. The minimum absolute atomic E-state index is 0.0188. The Hall–Kier alpha value is -4.27. The first-order valence-electron chi connectivity index (χ1n) is 9.28. The average Bonchev–Trinajstić information content (AvgIpc) is 3.18. The molecule has 0 unspecified atom stereocenters. The van der Waals surface area contributed by atoms with E-state index in [9.17, 15) is 28.2 Å². The van der Waals surface area contributed by atoms with Crippen LogP contribution in [0, 0.1) is 0 Å². The molecule has 162 valence electrons. The highest BCUT2D eigenvalue weighted by molar-refractivity contribution is 5.90. The van der Waals surface area contributed by atoms with Gasteiger partial charge in [0.25, 0.3) is 0 Å². The Labute approximate surface area is 179 Å². The number of carboxylic acids is 1. The second kappa shape index (κ2) is 7.77. The molecule has 32 heavy (non-hydrogen) atoms. The highest BCUT2D eigenvalue weighted by atomic mass is 19.4. The van der Waals surface area contributed by atoms with Gasteiger partial charge < -0.3 is 15.3 Å². The summed E-state index contributed by atoms with van der Waals surface area (Å²) in [5.41, 5.74) is -1.40. The molecule has 0 saturated heterocycles. The van der Waals surface area contributed by atoms with E-state index in [0.717, 1.165) is 6.07 Å². The van der Waals surface area contributed by atoms with Crippen molar-refractivity contribution >= 4 is 5.97 Å². The maximum absolute atomic E-state index is 13.6. The molecule has 4 aromatic rings. The van der Waals surface area contributed by atoms with Crippen molar-refractivity contribution in [3.05, 3.63) is 84.1 Å². The van der Waals surface area contributed by atoms with E-state index in [4.69, 9.17) is 5.11 Å². The van der Waals surface area contributed by atoms with E-state index in [1.165, 1.54) is 29.0 Å². The SMILES string of the molecule is O=C(O)c1ccc(-n2cc(-c3ccccc3O)nc2-c2ccccc2O)cc1C(F)(F)F. The standard InChI is InChI=1S/C23H15F3N2O4/c24-23(25,26)17-11-13(9-10-14(17)22(31)32)28-12-18(15-5-1-3-7-19(15)29)27-21(28)16-6-2-4-8-20(16)30/h1-12,29-30H,(H,31,32). The fourth-order valence-corrected chi connectivity index (χ4v) is 3.35. The van der Waals surface area contributed by atoms with Crippen LogP contribution in [0.3, 0.4) is 0 Å². The molecule has 4 rings (SSSR count). The van der Waals surface area contributed by atoms with Gasteiger partial charge in [0.2, 0.25) is 0 Å². The quantitative estimate of drug-likeness (QED) is 0.398. The minimum Gasteiger partial charge on any atom is -0.507 e. The number of carbonyl (C=O) groups is 1. The van der Waals surface area contributed by atoms with Crippen LogP contribution in [0.25, 0.3) is 28.3 Å². The van der Waals surface area contributed by atoms with Crippen LogP contribution >= 0.6 is 0 Å². The van der Waals surface area contributed by atoms with E-state index in [0.29, 0.717) is 11.6 Å². The first-order chi connectivity index (χ1) is 15.2. The highest BCUT2D eigenvalue weighted by Crippen LogP contribution is 2.37. The van der Waals surface area contributed by atoms with Gasteiger partial charge in [-0.2, -0.15) is 13.2 Å². The maximum Gasteiger partial charge on any atom is 0.417 e. The van der Waals surface area contributed by atoms with Crippen molar-refractivity contribution in [3.63, 3.8) is 0 Å². The van der Waals surface area contributed by atoms with Crippen LogP contribution in [-0.2, 0) is 6.18 Å². The largest absolute Gasteiger partial charge is 0.507 e. The van der Waals surface area contributed by atoms with Gasteiger partial charge in [0.1, 0.15) is 17.3 Å². The number of hydrogen-bond acceptors (Lipinski definition) is 4. The van der Waals surface area contributed by atoms with Gasteiger partial charge >= 0.3 is 12.1 Å². The number of rotatable bonds is 4. The van der Waals surface area contributed by atoms with Crippen LogP contribution in [0.2, 0.25) is 0 Å². The Morgan fingerprint density at radius 1 is 0.875 bits per heavy atom. The van der Waals surface area contributed by atoms with Gasteiger partial charge in [0.05, 0.1) is 22.4 Å². The number of hydrogen-bond donors (Lipinski definition) is 3. The molecule has 3 N–H and O–H groups in total. The van der Waals surface area contributed by atoms with E-state index in [1.54, 1.807) is 36.4 Å². The Morgan fingerprint density at radius 3 is 2.03 bits per heavy atom. The van der Waals surface area contributed by atoms with Crippen molar-refractivity contribution in [1.29, 1.82) is 0 Å². The second-order valence-electron chi connectivity index (χ2n) is 6.89. The summed E-state index contributed by atoms with van der Waals surface area (Å²) < 4.78 is 42.0. The number of phenols is 2. The van der Waals surface area contributed by atoms with Crippen LogP contribution in [0.15, 0.2) is 72.9 Å². The van der Waals surface area contributed by atoms with E-state index >= 15 is 0 Å². The van der Waals surface area contributed by atoms with Crippen LogP contribution in [-0.4, -0.2) is 30.8 Å². The number of para-hydroxylation sites is 2. The summed E-state index contributed by atoms with van der Waals surface area (Å²) >= 11 is 0. The van der Waals surface area contributed by atoms with Crippen LogP contribution in [0.5, 0.6) is 11.5 Å². The van der Waals surface area contributed by atoms with Crippen LogP contribution in [0.4, 0.5) is 13.2 Å². The molecule has 0 aliphatic carbocycles. The first-order valence-corrected chi connectivity index (χ1v) is 9.28. The van der Waals surface area contributed by atoms with Gasteiger partial charge in [-0.15, -0.1) is 0 Å². The van der Waals surface area contributed by atoms with Crippen molar-refractivity contribution < 1.29 is 33.3 Å². The number of aromatic carboxylic acids is 1. The summed E-state index contributed by atoms with van der Waals surface area (Å²) in [6, 6.07) is 15.3. The van der Waals surface area contributed by atoms with E-state index < -0.39 is 23.3 Å². The van der Waals surface area contributed by atoms with E-state index in [1.807, 2.05) is 0 Å². The smallest absolute Gasteiger partial charge is 0.417 e. The summed E-state index contributed by atoms with van der Waals surface area (Å²) in [6.45, 7) is 0. The van der Waals surface area contributed by atoms with Gasteiger partial charge in [-0.05, 0) is 42.5 Å². The molecule has 0 atom stereocenters. The van der Waals surface area contributed by atoms with Gasteiger partial charge in [-0.3, -0.25) is 4.57 Å². The molecule has 0 amide bonds. The van der Waals surface area contributed by atoms with Gasteiger partial charge in [0.15, 0.2) is 0 Å². The topological polar surface area (TPSA) is 95.6 Å². The number of aromatic hydroxyl groups is 2. The molecule has 1 aromatic heterocycles. The first kappa shape index (κ1) is 21.0. The molecular formula is C23H15F3N2O4. The second-order valence-corrected chi connectivity index (χ2v) is 6.89. The third-order valence-corrected chi connectivity index (χ3v) is 4.85. The summed E-state index contributed by atoms with van der Waals surface area (Å²) in [6.07, 6.45) is -3.49. The van der Waals surface area contributed by atoms with E-state index in [2.05, 4.69) is 4.98 Å². The molecular weight excluding hydrogens is 425 g/mol. The number of phenolic OH excluding ortho intramolecular Hbond substituents is 2. The lowest BCUT2D eigenvalue weighted by Crippen LogP contribution is -2.14. The maximum atomic E-state index is 13.6. The lowest BCUT2D eigenvalue weighted by atomic mass is 10.1. The Bertz CT molecular complexity index is 1330. The number of halogens is 3. The Balaban J connectivity index is 1.99. The van der Waals surface area contributed by atoms with Gasteiger partial charge in [-0.1, -0.05) is 24.3 Å². The lowest BCUT2D eigenvalue weighted by molar-refractivity contribution is -0.138. The number of aromatic nitrogens is 2. The zero-order chi connectivity index (χ0) is 23.0. The molecule has 0 spiro atoms. The number of imidazole rings is 1. The molecule has 0 aliphatic heterocycles. The van der Waals surface area contributed by atoms with Crippen molar-refractivity contribution in [2.45, 2.75) is 6.18 Å². The fraction of sp³-hybridized carbons (Fsp3) is 0.0435. The van der Waals surface area contributed by atoms with E-state index in [-0.39, 0.29) is 34.3 Å². The molecule has 0 aliphatic rings. The minimum atomic E-state index is -4.90. The summed E-state index contributed by atoms with van der Waals surface area (Å²) in [7, 11) is 0. The third kappa shape index (κ3) is 3.76. The van der Waals surface area contributed by atoms with Crippen molar-refractivity contribution in [2.75, 3.05) is 0 Å². The number of benzene rings is 3. The molecule has 6 nitrogen and oxygen atoms in total. The third-order valence-electron chi connectivity index (χ3n) is 4.85. The number of nitrogens with zero attached hydrogens (tertiary/aromatic N) is 2. The zero-order valence-corrected chi connectivity index (χ0v) is 16.2. The number of alkyl halides is 3. The molecule has 0 radical (unpaired) electrons. The predicted octanol–water partition coefficient (Wildman–Crippen LogP) is 5.33. The van der Waals surface area contributed by atoms with Gasteiger partial charge in [-0.25, -0.2) is 9.78 Å². The predicted molar refractivity (Wildman–Crippen MR) is 110 cm³/mol. The van der Waals surface area contributed by atoms with Crippen molar-refractivity contribution in [1.82, 2.24) is 9.55 Å². The van der Waals surface area contributed by atoms with Crippen LogP contribution in [0.1, 0.15) is 15.9 Å². The molecule has 3 aromatic carbocycles.